The van der Waals surface area contributed by atoms with Crippen molar-refractivity contribution < 1.29 is 35.8 Å². The molecular formula is C7H4F6N2O2. The van der Waals surface area contributed by atoms with E-state index in [-0.39, 0.29) is 5.57 Å². The van der Waals surface area contributed by atoms with Gasteiger partial charge in [0.1, 0.15) is 0 Å². The first-order valence-electron chi connectivity index (χ1n) is 3.87. The van der Waals surface area contributed by atoms with Gasteiger partial charge < -0.3 is 4.74 Å². The molecule has 1 aliphatic heterocycles. The van der Waals surface area contributed by atoms with Gasteiger partial charge in [0, 0.05) is 0 Å². The number of nitrogens with zero attached hydrogens (tertiary/aromatic N) is 2. The van der Waals surface area contributed by atoms with Gasteiger partial charge in [0.25, 0.3) is 0 Å². The molecule has 0 aromatic carbocycles. The summed E-state index contributed by atoms with van der Waals surface area (Å²) in [6.07, 6.45) is -13.6. The molecule has 10 heteroatoms. The maximum absolute atomic E-state index is 12.8. The highest BCUT2D eigenvalue weighted by molar-refractivity contribution is 6.14. The lowest BCUT2D eigenvalue weighted by molar-refractivity contribution is -0.413. The van der Waals surface area contributed by atoms with Gasteiger partial charge in [-0.1, -0.05) is 6.58 Å². The number of hydrogen-bond acceptors (Lipinski definition) is 4. The molecule has 4 nitrogen and oxygen atoms in total. The van der Waals surface area contributed by atoms with Gasteiger partial charge in [-0.25, -0.2) is 9.13 Å². The van der Waals surface area contributed by atoms with E-state index < -0.39 is 24.7 Å². The first-order valence-corrected chi connectivity index (χ1v) is 3.87. The van der Waals surface area contributed by atoms with Crippen LogP contribution in [-0.2, 0) is 9.47 Å². The highest BCUT2D eigenvalue weighted by atomic mass is 19.4. The van der Waals surface area contributed by atoms with Crippen LogP contribution in [0.4, 0.5) is 26.3 Å². The van der Waals surface area contributed by atoms with Crippen molar-refractivity contribution in [2.75, 3.05) is 0 Å². The molecule has 0 N–H and O–H groups in total. The molecule has 0 fully saturated rings. The molecule has 0 bridgehead atoms. The monoisotopic (exact) mass is 262 g/mol. The zero-order valence-electron chi connectivity index (χ0n) is 7.84. The van der Waals surface area contributed by atoms with Crippen LogP contribution < -0.4 is 0 Å². The Labute approximate surface area is 90.2 Å². The summed E-state index contributed by atoms with van der Waals surface area (Å²) in [4.78, 5) is 0. The van der Waals surface area contributed by atoms with E-state index in [1.807, 2.05) is 0 Å². The summed E-state index contributed by atoms with van der Waals surface area (Å²) < 4.78 is 78.7. The number of rotatable bonds is 3. The van der Waals surface area contributed by atoms with E-state index in [9.17, 15) is 26.3 Å². The van der Waals surface area contributed by atoms with E-state index in [0.29, 0.717) is 0 Å². The molecular weight excluding hydrogens is 258 g/mol. The van der Waals surface area contributed by atoms with Crippen molar-refractivity contribution in [1.29, 1.82) is 0 Å². The molecule has 0 aromatic rings. The predicted octanol–water partition coefficient (Wildman–Crippen LogP) is 2.38. The summed E-state index contributed by atoms with van der Waals surface area (Å²) in [5.41, 5.74) is -0.233. The second-order valence-corrected chi connectivity index (χ2v) is 2.72. The summed E-state index contributed by atoms with van der Waals surface area (Å²) in [7, 11) is 0. The van der Waals surface area contributed by atoms with Crippen LogP contribution in [0.2, 0.25) is 0 Å². The Morgan fingerprint density at radius 2 is 1.82 bits per heavy atom. The Bertz CT molecular complexity index is 375. The molecule has 0 amide bonds. The van der Waals surface area contributed by atoms with Crippen LogP contribution in [0.15, 0.2) is 22.4 Å². The van der Waals surface area contributed by atoms with E-state index in [4.69, 9.17) is 0 Å². The largest absolute Gasteiger partial charge is 0.525 e. The van der Waals surface area contributed by atoms with Crippen molar-refractivity contribution in [2.24, 2.45) is 10.2 Å². The molecule has 0 saturated heterocycles. The lowest BCUT2D eigenvalue weighted by Crippen LogP contribution is -2.40. The topological polar surface area (TPSA) is 43.2 Å². The van der Waals surface area contributed by atoms with Crippen LogP contribution in [0.25, 0.3) is 0 Å². The number of alkyl halides is 6. The molecule has 0 aromatic heterocycles. The van der Waals surface area contributed by atoms with E-state index >= 15 is 0 Å². The summed E-state index contributed by atoms with van der Waals surface area (Å²) in [6.45, 7) is 3.13. The van der Waals surface area contributed by atoms with Crippen molar-refractivity contribution in [3.8, 4) is 0 Å². The molecule has 1 aliphatic rings. The van der Waals surface area contributed by atoms with Crippen molar-refractivity contribution in [3.63, 3.8) is 0 Å². The maximum Gasteiger partial charge on any atom is 0.525 e. The Balaban J connectivity index is 2.65. The van der Waals surface area contributed by atoms with Crippen LogP contribution in [0.5, 0.6) is 0 Å². The quantitative estimate of drug-likeness (QED) is 0.733. The Morgan fingerprint density at radius 3 is 2.24 bits per heavy atom. The summed E-state index contributed by atoms with van der Waals surface area (Å²) >= 11 is 0. The minimum absolute atomic E-state index is 0.233. The highest BCUT2D eigenvalue weighted by Crippen LogP contribution is 2.31. The first-order chi connectivity index (χ1) is 7.62. The minimum atomic E-state index is -5.56. The first kappa shape index (κ1) is 13.5. The number of halogens is 6. The normalized spacial score (nSPS) is 18.2. The van der Waals surface area contributed by atoms with E-state index in [1.165, 1.54) is 0 Å². The summed E-state index contributed by atoms with van der Waals surface area (Å²) in [5.74, 6) is -0.886. The number of ether oxygens (including phenoxy) is 2. The third-order valence-corrected chi connectivity index (χ3v) is 1.37. The van der Waals surface area contributed by atoms with Crippen LogP contribution in [0.3, 0.4) is 0 Å². The van der Waals surface area contributed by atoms with Crippen LogP contribution in [0.1, 0.15) is 0 Å². The lowest BCUT2D eigenvalue weighted by atomic mass is 10.3. The number of hydrogen-bond donors (Lipinski definition) is 0. The minimum Gasteiger partial charge on any atom is -0.408 e. The Hall–Kier alpha value is -1.58. The van der Waals surface area contributed by atoms with Gasteiger partial charge in [-0.15, -0.1) is 18.3 Å². The van der Waals surface area contributed by atoms with Gasteiger partial charge in [0.15, 0.2) is 0 Å². The van der Waals surface area contributed by atoms with Crippen molar-refractivity contribution in [1.82, 2.24) is 0 Å². The van der Waals surface area contributed by atoms with Crippen molar-refractivity contribution in [2.45, 2.75) is 18.8 Å². The van der Waals surface area contributed by atoms with Crippen molar-refractivity contribution in [3.05, 3.63) is 12.2 Å². The molecule has 1 heterocycles. The molecule has 1 rings (SSSR count). The molecule has 17 heavy (non-hydrogen) atoms. The van der Waals surface area contributed by atoms with E-state index in [2.05, 4.69) is 26.3 Å². The third kappa shape index (κ3) is 3.73. The Morgan fingerprint density at radius 1 is 1.24 bits per heavy atom. The maximum atomic E-state index is 12.8. The second-order valence-electron chi connectivity index (χ2n) is 2.72. The molecule has 0 aliphatic carbocycles. The molecule has 0 saturated carbocycles. The van der Waals surface area contributed by atoms with Crippen LogP contribution in [0, 0.1) is 0 Å². The summed E-state index contributed by atoms with van der Waals surface area (Å²) in [6, 6.07) is 0. The van der Waals surface area contributed by atoms with Gasteiger partial charge in [0.05, 0.1) is 11.8 Å². The van der Waals surface area contributed by atoms with E-state index in [1.54, 1.807) is 0 Å². The Kier molecular flexibility index (Phi) is 3.45. The smallest absolute Gasteiger partial charge is 0.408 e. The third-order valence-electron chi connectivity index (χ3n) is 1.37. The lowest BCUT2D eigenvalue weighted by Gasteiger charge is -2.21. The van der Waals surface area contributed by atoms with Crippen molar-refractivity contribution >= 4 is 12.1 Å². The average molecular weight is 262 g/mol. The highest BCUT2D eigenvalue weighted by Gasteiger charge is 2.51. The molecule has 0 radical (unpaired) electrons. The van der Waals surface area contributed by atoms with Crippen LogP contribution in [-0.4, -0.2) is 30.9 Å². The molecule has 1 unspecified atom stereocenters. The molecule has 96 valence electrons. The van der Waals surface area contributed by atoms with Crippen LogP contribution >= 0.6 is 0 Å². The zero-order valence-corrected chi connectivity index (χ0v) is 7.84. The fourth-order valence-electron chi connectivity index (χ4n) is 0.718. The average Bonchev–Trinajstić information content (AvgIpc) is 2.48. The molecule has 1 atom stereocenters. The fraction of sp³-hybridized carbons (Fsp3) is 0.429. The van der Waals surface area contributed by atoms with Gasteiger partial charge in [-0.2, -0.15) is 13.9 Å². The fourth-order valence-corrected chi connectivity index (χ4v) is 0.718. The standard InChI is InChI=1S/C7H4F6N2O2/c1-3-2-14-15-4(3)16-6(9,10)5(8)17-7(11,12)13/h2,5H,1H2. The van der Waals surface area contributed by atoms with Gasteiger partial charge in [0.2, 0.25) is 5.90 Å². The summed E-state index contributed by atoms with van der Waals surface area (Å²) in [5, 5.41) is 6.05. The SMILES string of the molecule is C=C1C=NN=C1OC(F)(F)C(F)OC(F)(F)F. The predicted molar refractivity (Wildman–Crippen MR) is 43.1 cm³/mol. The van der Waals surface area contributed by atoms with Gasteiger partial charge in [-0.05, 0) is 0 Å². The second kappa shape index (κ2) is 4.35. The zero-order chi connectivity index (χ0) is 13.3. The molecule has 0 spiro atoms. The van der Waals surface area contributed by atoms with Gasteiger partial charge in [-0.3, -0.25) is 0 Å². The van der Waals surface area contributed by atoms with Gasteiger partial charge >= 0.3 is 18.8 Å². The van der Waals surface area contributed by atoms with E-state index in [0.717, 1.165) is 6.21 Å².